The zero-order valence-corrected chi connectivity index (χ0v) is 21.2. The van der Waals surface area contributed by atoms with Crippen molar-refractivity contribution in [3.8, 4) is 34.8 Å². The number of aryl methyl sites for hydroxylation is 1. The van der Waals surface area contributed by atoms with Gasteiger partial charge in [-0.2, -0.15) is 5.26 Å². The van der Waals surface area contributed by atoms with E-state index >= 15 is 0 Å². The topological polar surface area (TPSA) is 141 Å². The van der Waals surface area contributed by atoms with E-state index in [0.29, 0.717) is 41.4 Å². The molecule has 10 heteroatoms. The fourth-order valence-electron chi connectivity index (χ4n) is 6.81. The molecule has 2 aromatic carbocycles. The Balaban J connectivity index is 1.59. The van der Waals surface area contributed by atoms with Gasteiger partial charge in [0, 0.05) is 36.2 Å². The van der Waals surface area contributed by atoms with E-state index in [0.717, 1.165) is 27.8 Å². The van der Waals surface area contributed by atoms with Gasteiger partial charge in [0.05, 0.1) is 25.3 Å². The number of benzene rings is 2. The molecular formula is C27H29N4O6-. The van der Waals surface area contributed by atoms with Gasteiger partial charge in [-0.1, -0.05) is 12.1 Å². The van der Waals surface area contributed by atoms with Crippen LogP contribution in [0.1, 0.15) is 52.4 Å². The number of carbonyl (C=O) groups is 1. The summed E-state index contributed by atoms with van der Waals surface area (Å²) in [6, 6.07) is 2.56. The normalized spacial score (nSPS) is 27.0. The molecule has 0 radical (unpaired) electrons. The minimum atomic E-state index is -0.530. The van der Waals surface area contributed by atoms with Gasteiger partial charge in [0.2, 0.25) is 6.79 Å². The first-order valence-corrected chi connectivity index (χ1v) is 12.4. The van der Waals surface area contributed by atoms with E-state index in [9.17, 15) is 15.2 Å². The Kier molecular flexibility index (Phi) is 5.49. The molecule has 4 aliphatic heterocycles. The third-order valence-corrected chi connectivity index (χ3v) is 8.12. The van der Waals surface area contributed by atoms with Crippen LogP contribution in [0.4, 0.5) is 0 Å². The zero-order chi connectivity index (χ0) is 26.2. The van der Waals surface area contributed by atoms with Crippen molar-refractivity contribution in [2.75, 3.05) is 20.4 Å². The van der Waals surface area contributed by atoms with E-state index in [2.05, 4.69) is 11.0 Å². The van der Waals surface area contributed by atoms with Crippen LogP contribution in [0.2, 0.25) is 0 Å². The summed E-state index contributed by atoms with van der Waals surface area (Å²) in [4.78, 5) is 14.3. The number of nitriles is 1. The van der Waals surface area contributed by atoms with Gasteiger partial charge in [0.25, 0.3) is 0 Å². The predicted octanol–water partition coefficient (Wildman–Crippen LogP) is 2.84. The van der Waals surface area contributed by atoms with E-state index in [1.165, 1.54) is 14.0 Å². The van der Waals surface area contributed by atoms with Crippen LogP contribution in [0.3, 0.4) is 0 Å². The summed E-state index contributed by atoms with van der Waals surface area (Å²) in [7, 11) is 1.54. The van der Waals surface area contributed by atoms with Crippen molar-refractivity contribution >= 4 is 5.97 Å². The largest absolute Gasteiger partial charge is 0.649 e. The summed E-state index contributed by atoms with van der Waals surface area (Å²) < 4.78 is 23.0. The third kappa shape index (κ3) is 3.24. The molecule has 1 fully saturated rings. The number of phenols is 1. The number of phenolic OH excluding ortho intramolecular Hbond substituents is 1. The maximum Gasteiger partial charge on any atom is 0.308 e. The molecule has 37 heavy (non-hydrogen) atoms. The molecule has 0 spiro atoms. The maximum atomic E-state index is 12.1. The van der Waals surface area contributed by atoms with Crippen molar-refractivity contribution in [3.63, 3.8) is 0 Å². The third-order valence-electron chi connectivity index (χ3n) is 8.12. The van der Waals surface area contributed by atoms with Crippen molar-refractivity contribution in [2.45, 2.75) is 63.8 Å². The number of ether oxygens (including phenoxy) is 4. The fourth-order valence-corrected chi connectivity index (χ4v) is 6.81. The van der Waals surface area contributed by atoms with Crippen LogP contribution < -0.4 is 24.7 Å². The number of nitrogens with two attached hydrogens (primary N) is 1. The minimum absolute atomic E-state index is 0.0511. The van der Waals surface area contributed by atoms with Gasteiger partial charge in [-0.25, -0.2) is 0 Å². The molecule has 2 bridgehead atoms. The van der Waals surface area contributed by atoms with Gasteiger partial charge < -0.3 is 35.1 Å². The number of esters is 1. The predicted molar refractivity (Wildman–Crippen MR) is 132 cm³/mol. The Labute approximate surface area is 214 Å². The van der Waals surface area contributed by atoms with E-state index in [-0.39, 0.29) is 31.2 Å². The number of hydrogen-bond acceptors (Lipinski definition) is 9. The van der Waals surface area contributed by atoms with Gasteiger partial charge in [0.15, 0.2) is 23.0 Å². The number of hydrogen-bond donors (Lipinski definition) is 2. The van der Waals surface area contributed by atoms with Crippen LogP contribution in [0, 0.1) is 25.2 Å². The lowest BCUT2D eigenvalue weighted by Crippen LogP contribution is -2.61. The Morgan fingerprint density at radius 3 is 2.70 bits per heavy atom. The van der Waals surface area contributed by atoms with Gasteiger partial charge in [-0.05, 0) is 43.4 Å². The average molecular weight is 506 g/mol. The quantitative estimate of drug-likeness (QED) is 0.476. The van der Waals surface area contributed by atoms with E-state index in [1.807, 2.05) is 19.9 Å². The highest BCUT2D eigenvalue weighted by atomic mass is 16.7. The SMILES string of the molecule is COc1c(C)cc2c(c1O)[C@H]1[N-][C@@H](C2)[C@H](C#N)N2C1Cc1c(OC(C)=O)c(C)c3c(c1[C@@H]2CN)OCO3. The number of aromatic hydroxyl groups is 1. The molecule has 194 valence electrons. The molecule has 10 nitrogen and oxygen atoms in total. The zero-order valence-electron chi connectivity index (χ0n) is 21.2. The molecular weight excluding hydrogens is 476 g/mol. The summed E-state index contributed by atoms with van der Waals surface area (Å²) in [5.41, 5.74) is 11.2. The van der Waals surface area contributed by atoms with Crippen LogP contribution in [0.25, 0.3) is 5.32 Å². The van der Waals surface area contributed by atoms with Crippen LogP contribution >= 0.6 is 0 Å². The van der Waals surface area contributed by atoms with Crippen molar-refractivity contribution in [3.05, 3.63) is 44.8 Å². The Morgan fingerprint density at radius 2 is 2.03 bits per heavy atom. The minimum Gasteiger partial charge on any atom is -0.649 e. The first-order valence-electron chi connectivity index (χ1n) is 12.4. The van der Waals surface area contributed by atoms with Crippen molar-refractivity contribution in [2.24, 2.45) is 5.73 Å². The first-order chi connectivity index (χ1) is 17.8. The summed E-state index contributed by atoms with van der Waals surface area (Å²) in [6.45, 7) is 5.35. The van der Waals surface area contributed by atoms with Crippen molar-refractivity contribution < 1.29 is 28.8 Å². The van der Waals surface area contributed by atoms with E-state index in [1.54, 1.807) is 0 Å². The highest BCUT2D eigenvalue weighted by Crippen LogP contribution is 2.59. The summed E-state index contributed by atoms with van der Waals surface area (Å²) >= 11 is 0. The molecule has 1 unspecified atom stereocenters. The van der Waals surface area contributed by atoms with E-state index in [4.69, 9.17) is 30.0 Å². The van der Waals surface area contributed by atoms with Crippen LogP contribution in [0.5, 0.6) is 28.7 Å². The Morgan fingerprint density at radius 1 is 1.27 bits per heavy atom. The monoisotopic (exact) mass is 505 g/mol. The second kappa shape index (κ2) is 8.52. The Hall–Kier alpha value is -3.52. The first kappa shape index (κ1) is 23.9. The molecule has 0 aromatic heterocycles. The second-order valence-electron chi connectivity index (χ2n) is 10.1. The van der Waals surface area contributed by atoms with E-state index < -0.39 is 24.1 Å². The van der Waals surface area contributed by atoms with Crippen molar-refractivity contribution in [1.82, 2.24) is 4.90 Å². The molecule has 5 atom stereocenters. The lowest BCUT2D eigenvalue weighted by molar-refractivity contribution is -0.132. The molecule has 3 N–H and O–H groups in total. The summed E-state index contributed by atoms with van der Waals surface area (Å²) in [5, 5.41) is 26.7. The average Bonchev–Trinajstić information content (AvgIpc) is 3.36. The molecule has 6 rings (SSSR count). The lowest BCUT2D eigenvalue weighted by atomic mass is 9.72. The Bertz CT molecular complexity index is 1370. The number of piperazine rings is 1. The van der Waals surface area contributed by atoms with Gasteiger partial charge in [0.1, 0.15) is 5.75 Å². The fraction of sp³-hybridized carbons (Fsp3) is 0.481. The second-order valence-corrected chi connectivity index (χ2v) is 10.1. The molecule has 0 saturated carbocycles. The summed E-state index contributed by atoms with van der Waals surface area (Å²) in [5.74, 6) is 1.61. The lowest BCUT2D eigenvalue weighted by Gasteiger charge is -2.63. The molecule has 4 heterocycles. The molecule has 0 amide bonds. The molecule has 1 saturated heterocycles. The highest BCUT2D eigenvalue weighted by molar-refractivity contribution is 5.74. The smallest absolute Gasteiger partial charge is 0.308 e. The van der Waals surface area contributed by atoms with Gasteiger partial charge >= 0.3 is 5.97 Å². The van der Waals surface area contributed by atoms with Gasteiger partial charge in [-0.3, -0.25) is 9.69 Å². The number of fused-ring (bicyclic) bond motifs is 9. The van der Waals surface area contributed by atoms with Crippen LogP contribution in [-0.2, 0) is 17.6 Å². The number of nitrogens with zero attached hydrogens (tertiary/aromatic N) is 3. The van der Waals surface area contributed by atoms with Crippen molar-refractivity contribution in [1.29, 1.82) is 5.26 Å². The number of rotatable bonds is 3. The number of methoxy groups -OCH3 is 1. The summed E-state index contributed by atoms with van der Waals surface area (Å²) in [6.07, 6.45) is 0.945. The molecule has 4 aliphatic rings. The number of carbonyl (C=O) groups excluding carboxylic acids is 1. The molecule has 2 aromatic rings. The standard InChI is InChI=1S/C27H29N4O6/c1-11-5-14-6-16-18(8-28)31-17(22(30-16)20(14)23(33)24(11)34-4)7-15-21(19(31)9-29)27-26(35-10-36-27)12(2)25(15)37-13(3)32/h5,16-19,22,33H,6-7,9-10,29H2,1-4H3/q-1/t16-,17?,18-,19-,22-/m0/s1. The maximum absolute atomic E-state index is 12.1. The van der Waals surface area contributed by atoms with Crippen LogP contribution in [-0.4, -0.2) is 54.5 Å². The molecule has 0 aliphatic carbocycles. The van der Waals surface area contributed by atoms with Gasteiger partial charge in [-0.15, -0.1) is 6.04 Å². The van der Waals surface area contributed by atoms with Crippen LogP contribution in [0.15, 0.2) is 6.07 Å². The highest BCUT2D eigenvalue weighted by Gasteiger charge is 2.50.